The van der Waals surface area contributed by atoms with Crippen molar-refractivity contribution in [1.82, 2.24) is 0 Å². The molecule has 5 unspecified atom stereocenters. The first-order chi connectivity index (χ1) is 9.90. The van der Waals surface area contributed by atoms with Crippen molar-refractivity contribution in [1.29, 1.82) is 0 Å². The number of hydrogen-bond donors (Lipinski definition) is 0. The minimum absolute atomic E-state index is 0.0154. The van der Waals surface area contributed by atoms with Gasteiger partial charge in [0.15, 0.2) is 0 Å². The Balaban J connectivity index is 2.59. The summed E-state index contributed by atoms with van der Waals surface area (Å²) in [6.07, 6.45) is -0.801. The predicted octanol–water partition coefficient (Wildman–Crippen LogP) is 1.89. The molecule has 7 nitrogen and oxygen atoms in total. The number of methoxy groups -OCH3 is 1. The Labute approximate surface area is 116 Å². The van der Waals surface area contributed by atoms with Crippen LogP contribution in [-0.4, -0.2) is 52.2 Å². The molecule has 1 rings (SSSR count). The Morgan fingerprint density at radius 3 is 3.16 bits per heavy atom. The first kappa shape index (κ1) is 13.5. The molecule has 0 aromatic rings. The average Bonchev–Trinajstić information content (AvgIpc) is 2.76. The van der Waals surface area contributed by atoms with Crippen LogP contribution in [0, 0.1) is 6.57 Å². The van der Waals surface area contributed by atoms with Gasteiger partial charge in [0.05, 0.1) is 15.5 Å². The van der Waals surface area contributed by atoms with Gasteiger partial charge in [0.1, 0.15) is 18.8 Å². The van der Waals surface area contributed by atoms with Crippen molar-refractivity contribution in [3.63, 3.8) is 0 Å². The highest BCUT2D eigenvalue weighted by Crippen LogP contribution is 2.51. The number of phosphoric acid groups is 1. The Hall–Kier alpha value is -0.480. The van der Waals surface area contributed by atoms with E-state index in [-0.39, 0.29) is 25.9 Å². The molecular formula is C11H20NO6P. The fourth-order valence-corrected chi connectivity index (χ4v) is 2.87. The number of ether oxygens (including phenoxy) is 2. The lowest BCUT2D eigenvalue weighted by atomic mass is 10.1. The lowest BCUT2D eigenvalue weighted by molar-refractivity contribution is -0.0312. The maximum atomic E-state index is 12.3. The number of phosphoric ester groups is 1. The molecule has 0 aromatic heterocycles. The molecule has 0 bridgehead atoms. The van der Waals surface area contributed by atoms with Crippen molar-refractivity contribution < 1.29 is 30.4 Å². The zero-order valence-corrected chi connectivity index (χ0v) is 11.9. The lowest BCUT2D eigenvalue weighted by Gasteiger charge is -2.22. The highest BCUT2D eigenvalue weighted by molar-refractivity contribution is 7.48. The Morgan fingerprint density at radius 2 is 2.53 bits per heavy atom. The van der Waals surface area contributed by atoms with E-state index in [0.29, 0.717) is 6.42 Å². The first-order valence-electron chi connectivity index (χ1n) is 6.99. The topological polar surface area (TPSA) is 67.6 Å². The van der Waals surface area contributed by atoms with Gasteiger partial charge in [-0.3, -0.25) is 13.6 Å². The highest BCUT2D eigenvalue weighted by Gasteiger charge is 2.40. The summed E-state index contributed by atoms with van der Waals surface area (Å²) in [6.45, 7) is 8.46. The Morgan fingerprint density at radius 1 is 1.74 bits per heavy atom. The second kappa shape index (κ2) is 7.95. The molecule has 0 aromatic carbocycles. The smallest absolute Gasteiger partial charge is 0.382 e. The van der Waals surface area contributed by atoms with Crippen LogP contribution in [0.2, 0.25) is 0 Å². The largest absolute Gasteiger partial charge is 0.475 e. The standard InChI is InChI=1S/C11H20NO6P/c1-9-7-10(11(17-9)8-14-3)18-19(13,15-4)16-6-5-12-2/h9-11H,5-8H2,1,3-4H3/i3TD. The summed E-state index contributed by atoms with van der Waals surface area (Å²) in [5.41, 5.74) is 0. The second-order valence-corrected chi connectivity index (χ2v) is 5.77. The van der Waals surface area contributed by atoms with Crippen LogP contribution in [0.25, 0.3) is 4.85 Å². The van der Waals surface area contributed by atoms with Crippen molar-refractivity contribution in [2.75, 3.05) is 33.9 Å². The van der Waals surface area contributed by atoms with Gasteiger partial charge in [-0.1, -0.05) is 0 Å². The third-order valence-corrected chi connectivity index (χ3v) is 4.06. The molecule has 0 N–H and O–H groups in total. The van der Waals surface area contributed by atoms with Crippen LogP contribution in [0.4, 0.5) is 0 Å². The SMILES string of the molecule is [2H]C([3H])OCC1OC(C)CC1OP(=O)(OC)OCC[N+]#[C-]. The Bertz CT molecular complexity index is 405. The summed E-state index contributed by atoms with van der Waals surface area (Å²) in [7, 11) is -3.98. The summed E-state index contributed by atoms with van der Waals surface area (Å²) in [5.74, 6) is 0. The van der Waals surface area contributed by atoms with Crippen molar-refractivity contribution >= 4 is 7.82 Å². The van der Waals surface area contributed by atoms with Gasteiger partial charge in [0.25, 0.3) is 0 Å². The number of rotatable bonds is 8. The predicted molar refractivity (Wildman–Crippen MR) is 67.7 cm³/mol. The first-order valence-corrected chi connectivity index (χ1v) is 7.29. The van der Waals surface area contributed by atoms with Crippen LogP contribution in [0.1, 0.15) is 16.1 Å². The van der Waals surface area contributed by atoms with Crippen molar-refractivity contribution in [3.05, 3.63) is 11.4 Å². The number of hydrogen-bond acceptors (Lipinski definition) is 6. The molecule has 0 amide bonds. The van der Waals surface area contributed by atoms with E-state index in [1.807, 2.05) is 6.92 Å². The molecule has 0 spiro atoms. The lowest BCUT2D eigenvalue weighted by Crippen LogP contribution is -2.28. The molecule has 5 atom stereocenters. The van der Waals surface area contributed by atoms with Crippen LogP contribution in [0.15, 0.2) is 0 Å². The van der Waals surface area contributed by atoms with Crippen LogP contribution < -0.4 is 0 Å². The van der Waals surface area contributed by atoms with Gasteiger partial charge in [0, 0.05) is 20.6 Å². The van der Waals surface area contributed by atoms with Gasteiger partial charge in [-0.05, 0) is 6.92 Å². The van der Waals surface area contributed by atoms with Crippen molar-refractivity contribution in [2.45, 2.75) is 31.7 Å². The van der Waals surface area contributed by atoms with E-state index in [9.17, 15) is 4.57 Å². The number of nitrogens with zero attached hydrogens (tertiary/aromatic N) is 1. The normalized spacial score (nSPS) is 33.0. The summed E-state index contributed by atoms with van der Waals surface area (Å²) >= 11 is 0. The van der Waals surface area contributed by atoms with Gasteiger partial charge in [-0.25, -0.2) is 11.1 Å². The maximum Gasteiger partial charge on any atom is 0.475 e. The molecule has 0 radical (unpaired) electrons. The molecule has 1 aliphatic heterocycles. The molecule has 1 fully saturated rings. The van der Waals surface area contributed by atoms with Gasteiger partial charge in [-0.2, -0.15) is 0 Å². The van der Waals surface area contributed by atoms with Gasteiger partial charge in [0.2, 0.25) is 6.54 Å². The van der Waals surface area contributed by atoms with E-state index >= 15 is 0 Å². The fourth-order valence-electron chi connectivity index (χ4n) is 1.76. The average molecular weight is 296 g/mol. The third-order valence-electron chi connectivity index (χ3n) is 2.59. The summed E-state index contributed by atoms with van der Waals surface area (Å²) in [6, 6.07) is 0. The second-order valence-electron chi connectivity index (χ2n) is 4.04. The van der Waals surface area contributed by atoms with Crippen molar-refractivity contribution in [2.24, 2.45) is 0 Å². The van der Waals surface area contributed by atoms with Gasteiger partial charge < -0.3 is 14.3 Å². The van der Waals surface area contributed by atoms with E-state index in [2.05, 4.69) is 4.85 Å². The fraction of sp³-hybridized carbons (Fsp3) is 0.909. The zero-order valence-electron chi connectivity index (χ0n) is 13.0. The van der Waals surface area contributed by atoms with E-state index in [0.717, 1.165) is 0 Å². The van der Waals surface area contributed by atoms with E-state index in [4.69, 9.17) is 32.4 Å². The molecule has 0 aliphatic carbocycles. The van der Waals surface area contributed by atoms with Crippen LogP contribution in [0.3, 0.4) is 0 Å². The van der Waals surface area contributed by atoms with Crippen LogP contribution >= 0.6 is 7.82 Å². The van der Waals surface area contributed by atoms with Crippen LogP contribution in [-0.2, 0) is 27.6 Å². The van der Waals surface area contributed by atoms with E-state index < -0.39 is 27.1 Å². The van der Waals surface area contributed by atoms with Gasteiger partial charge >= 0.3 is 7.82 Å². The minimum Gasteiger partial charge on any atom is -0.382 e. The highest BCUT2D eigenvalue weighted by atomic mass is 31.2. The van der Waals surface area contributed by atoms with Gasteiger partial charge in [-0.15, -0.1) is 0 Å². The zero-order chi connectivity index (χ0) is 15.9. The quantitative estimate of drug-likeness (QED) is 0.387. The molecule has 110 valence electrons. The third kappa shape index (κ3) is 5.19. The summed E-state index contributed by atoms with van der Waals surface area (Å²) < 4.78 is 51.9. The summed E-state index contributed by atoms with van der Waals surface area (Å²) in [5, 5.41) is 0. The molecule has 1 heterocycles. The molecule has 19 heavy (non-hydrogen) atoms. The van der Waals surface area contributed by atoms with E-state index in [1.54, 1.807) is 0 Å². The Kier molecular flexibility index (Phi) is 5.65. The van der Waals surface area contributed by atoms with Crippen LogP contribution in [0.5, 0.6) is 0 Å². The molecule has 1 aliphatic rings. The molecule has 1 saturated heterocycles. The van der Waals surface area contributed by atoms with Crippen molar-refractivity contribution in [3.8, 4) is 0 Å². The molecular weight excluding hydrogens is 273 g/mol. The maximum absolute atomic E-state index is 12.3. The molecule has 0 saturated carbocycles. The minimum atomic E-state index is -3.76. The summed E-state index contributed by atoms with van der Waals surface area (Å²) in [4.78, 5) is 3.09. The monoisotopic (exact) mass is 296 g/mol. The van der Waals surface area contributed by atoms with E-state index in [1.165, 1.54) is 7.11 Å². The molecule has 8 heteroatoms.